The summed E-state index contributed by atoms with van der Waals surface area (Å²) < 4.78 is 4.90. The molecule has 0 aliphatic rings. The molecule has 0 bridgehead atoms. The molecule has 0 saturated heterocycles. The van der Waals surface area contributed by atoms with Gasteiger partial charge in [0, 0.05) is 4.88 Å². The minimum absolute atomic E-state index is 0.105. The van der Waals surface area contributed by atoms with Crippen molar-refractivity contribution in [1.82, 2.24) is 0 Å². The Kier molecular flexibility index (Phi) is 2.08. The van der Waals surface area contributed by atoms with Crippen molar-refractivity contribution in [3.05, 3.63) is 17.0 Å². The average molecular weight is 144 g/mol. The van der Waals surface area contributed by atoms with E-state index in [1.165, 1.54) is 11.3 Å². The molecule has 0 aliphatic carbocycles. The van der Waals surface area contributed by atoms with Crippen LogP contribution in [0.5, 0.6) is 5.06 Å². The van der Waals surface area contributed by atoms with Crippen LogP contribution in [0.4, 0.5) is 0 Å². The fourth-order valence-corrected chi connectivity index (χ4v) is 1.23. The summed E-state index contributed by atoms with van der Waals surface area (Å²) >= 11 is 1.46. The van der Waals surface area contributed by atoms with Crippen LogP contribution in [0, 0.1) is 0 Å². The second-order valence-electron chi connectivity index (χ2n) is 1.58. The Balaban J connectivity index is 2.74. The van der Waals surface area contributed by atoms with Crippen molar-refractivity contribution in [2.75, 3.05) is 7.11 Å². The number of methoxy groups -OCH3 is 1. The summed E-state index contributed by atoms with van der Waals surface area (Å²) in [4.78, 5) is 0.937. The van der Waals surface area contributed by atoms with Gasteiger partial charge in [0.1, 0.15) is 0 Å². The molecule has 0 unspecified atom stereocenters. The van der Waals surface area contributed by atoms with E-state index < -0.39 is 0 Å². The highest BCUT2D eigenvalue weighted by molar-refractivity contribution is 7.13. The fourth-order valence-electron chi connectivity index (χ4n) is 0.553. The van der Waals surface area contributed by atoms with E-state index in [2.05, 4.69) is 0 Å². The van der Waals surface area contributed by atoms with Crippen molar-refractivity contribution in [3.8, 4) is 5.06 Å². The van der Waals surface area contributed by atoms with Crippen LogP contribution in [-0.4, -0.2) is 12.2 Å². The maximum atomic E-state index is 8.60. The Morgan fingerprint density at radius 3 is 2.78 bits per heavy atom. The molecule has 1 N–H and O–H groups in total. The van der Waals surface area contributed by atoms with Crippen LogP contribution in [0.3, 0.4) is 0 Å². The molecule has 9 heavy (non-hydrogen) atoms. The van der Waals surface area contributed by atoms with Crippen LogP contribution in [-0.2, 0) is 6.61 Å². The first-order chi connectivity index (χ1) is 4.36. The molecule has 3 heteroatoms. The highest BCUT2D eigenvalue weighted by Gasteiger charge is 1.95. The van der Waals surface area contributed by atoms with Gasteiger partial charge in [0.25, 0.3) is 0 Å². The number of hydrogen-bond donors (Lipinski definition) is 1. The lowest BCUT2D eigenvalue weighted by Crippen LogP contribution is -1.74. The van der Waals surface area contributed by atoms with Crippen LogP contribution < -0.4 is 4.74 Å². The normalized spacial score (nSPS) is 9.56. The average Bonchev–Trinajstić information content (AvgIpc) is 2.34. The topological polar surface area (TPSA) is 29.5 Å². The Morgan fingerprint density at radius 2 is 2.44 bits per heavy atom. The first kappa shape index (κ1) is 6.58. The Hall–Kier alpha value is -0.540. The van der Waals surface area contributed by atoms with Gasteiger partial charge in [-0.15, -0.1) is 11.3 Å². The van der Waals surface area contributed by atoms with E-state index in [1.807, 2.05) is 12.1 Å². The SMILES string of the molecule is COc1ccc(CO)s1. The van der Waals surface area contributed by atoms with Gasteiger partial charge in [-0.1, -0.05) is 0 Å². The molecule has 50 valence electrons. The molecular weight excluding hydrogens is 136 g/mol. The van der Waals surface area contributed by atoms with Crippen molar-refractivity contribution in [3.63, 3.8) is 0 Å². The first-order valence-corrected chi connectivity index (χ1v) is 3.42. The largest absolute Gasteiger partial charge is 0.487 e. The molecular formula is C6H8O2S. The van der Waals surface area contributed by atoms with Crippen molar-refractivity contribution >= 4 is 11.3 Å². The molecule has 0 fully saturated rings. The molecule has 0 spiro atoms. The molecule has 0 saturated carbocycles. The summed E-state index contributed by atoms with van der Waals surface area (Å²) in [6, 6.07) is 3.69. The zero-order valence-corrected chi connectivity index (χ0v) is 5.94. The van der Waals surface area contributed by atoms with Gasteiger partial charge in [0.05, 0.1) is 13.7 Å². The van der Waals surface area contributed by atoms with E-state index in [0.29, 0.717) is 0 Å². The second kappa shape index (κ2) is 2.85. The number of hydrogen-bond acceptors (Lipinski definition) is 3. The zero-order valence-electron chi connectivity index (χ0n) is 5.13. The van der Waals surface area contributed by atoms with Gasteiger partial charge in [-0.2, -0.15) is 0 Å². The van der Waals surface area contributed by atoms with Crippen molar-refractivity contribution in [2.24, 2.45) is 0 Å². The lowest BCUT2D eigenvalue weighted by molar-refractivity contribution is 0.285. The number of ether oxygens (including phenoxy) is 1. The number of aliphatic hydroxyl groups excluding tert-OH is 1. The van der Waals surface area contributed by atoms with Crippen molar-refractivity contribution < 1.29 is 9.84 Å². The Bertz CT molecular complexity index is 164. The predicted octanol–water partition coefficient (Wildman–Crippen LogP) is 1.25. The molecule has 1 aromatic rings. The summed E-state index contributed by atoms with van der Waals surface area (Å²) in [5.41, 5.74) is 0. The van der Waals surface area contributed by atoms with Crippen LogP contribution in [0.1, 0.15) is 4.88 Å². The minimum Gasteiger partial charge on any atom is -0.487 e. The third-order valence-corrected chi connectivity index (χ3v) is 2.03. The predicted molar refractivity (Wildman–Crippen MR) is 36.8 cm³/mol. The lowest BCUT2D eigenvalue weighted by Gasteiger charge is -1.88. The summed E-state index contributed by atoms with van der Waals surface area (Å²) in [6.07, 6.45) is 0. The number of rotatable bonds is 2. The van der Waals surface area contributed by atoms with Crippen molar-refractivity contribution in [2.45, 2.75) is 6.61 Å². The molecule has 0 radical (unpaired) electrons. The van der Waals surface area contributed by atoms with Crippen LogP contribution >= 0.6 is 11.3 Å². The number of aliphatic hydroxyl groups is 1. The third kappa shape index (κ3) is 1.43. The summed E-state index contributed by atoms with van der Waals surface area (Å²) in [7, 11) is 1.62. The summed E-state index contributed by atoms with van der Waals surface area (Å²) in [5, 5.41) is 9.45. The highest BCUT2D eigenvalue weighted by Crippen LogP contribution is 2.23. The molecule has 2 nitrogen and oxygen atoms in total. The monoisotopic (exact) mass is 144 g/mol. The quantitative estimate of drug-likeness (QED) is 0.677. The highest BCUT2D eigenvalue weighted by atomic mass is 32.1. The Morgan fingerprint density at radius 1 is 1.67 bits per heavy atom. The molecule has 1 aromatic heterocycles. The van der Waals surface area contributed by atoms with E-state index in [9.17, 15) is 0 Å². The van der Waals surface area contributed by atoms with Gasteiger partial charge in [-0.3, -0.25) is 0 Å². The molecule has 0 aliphatic heterocycles. The van der Waals surface area contributed by atoms with Gasteiger partial charge in [0.15, 0.2) is 5.06 Å². The minimum atomic E-state index is 0.105. The van der Waals surface area contributed by atoms with E-state index in [0.717, 1.165) is 9.94 Å². The van der Waals surface area contributed by atoms with Crippen LogP contribution in [0.25, 0.3) is 0 Å². The molecule has 0 atom stereocenters. The zero-order chi connectivity index (χ0) is 6.69. The van der Waals surface area contributed by atoms with Gasteiger partial charge < -0.3 is 9.84 Å². The van der Waals surface area contributed by atoms with Crippen LogP contribution in [0.2, 0.25) is 0 Å². The standard InChI is InChI=1S/C6H8O2S/c1-8-6-3-2-5(4-7)9-6/h2-3,7H,4H2,1H3. The lowest BCUT2D eigenvalue weighted by atomic mass is 10.5. The van der Waals surface area contributed by atoms with Gasteiger partial charge in [0.2, 0.25) is 0 Å². The third-order valence-electron chi connectivity index (χ3n) is 0.994. The van der Waals surface area contributed by atoms with E-state index in [-0.39, 0.29) is 6.61 Å². The maximum Gasteiger partial charge on any atom is 0.173 e. The van der Waals surface area contributed by atoms with E-state index >= 15 is 0 Å². The molecule has 1 heterocycles. The van der Waals surface area contributed by atoms with E-state index in [4.69, 9.17) is 9.84 Å². The van der Waals surface area contributed by atoms with Gasteiger partial charge in [-0.05, 0) is 12.1 Å². The van der Waals surface area contributed by atoms with E-state index in [1.54, 1.807) is 7.11 Å². The number of thiophene rings is 1. The summed E-state index contributed by atoms with van der Waals surface area (Å²) in [6.45, 7) is 0.105. The van der Waals surface area contributed by atoms with Gasteiger partial charge in [-0.25, -0.2) is 0 Å². The Labute approximate surface area is 57.7 Å². The molecule has 0 amide bonds. The molecule has 1 rings (SSSR count). The van der Waals surface area contributed by atoms with Crippen molar-refractivity contribution in [1.29, 1.82) is 0 Å². The fraction of sp³-hybridized carbons (Fsp3) is 0.333. The molecule has 0 aromatic carbocycles. The smallest absolute Gasteiger partial charge is 0.173 e. The first-order valence-electron chi connectivity index (χ1n) is 2.60. The maximum absolute atomic E-state index is 8.60. The second-order valence-corrected chi connectivity index (χ2v) is 2.71. The van der Waals surface area contributed by atoms with Gasteiger partial charge >= 0.3 is 0 Å². The van der Waals surface area contributed by atoms with Crippen LogP contribution in [0.15, 0.2) is 12.1 Å². The summed E-state index contributed by atoms with van der Waals surface area (Å²) in [5.74, 6) is 0.